The zero-order valence-corrected chi connectivity index (χ0v) is 14.7. The fraction of sp³-hybridized carbons (Fsp3) is 0. The zero-order chi connectivity index (χ0) is 18.5. The topological polar surface area (TPSA) is 45.0 Å². The van der Waals surface area contributed by atoms with Crippen LogP contribution in [0.2, 0.25) is 0 Å². The molecule has 3 heteroatoms. The lowest BCUT2D eigenvalue weighted by Gasteiger charge is -2.04. The summed E-state index contributed by atoms with van der Waals surface area (Å²) < 4.78 is 0. The standard InChI is InChI=1S/C24H18N2O/c27-24-20(11-10-19-8-4-5-9-23(19)24)17-26-22-14-12-21(13-15-22)25-16-18-6-2-1-3-7-18/h1-17,27H. The highest BCUT2D eigenvalue weighted by molar-refractivity contribution is 5.97. The second-order valence-corrected chi connectivity index (χ2v) is 6.17. The Kier molecular flexibility index (Phi) is 4.75. The van der Waals surface area contributed by atoms with E-state index in [0.29, 0.717) is 5.56 Å². The lowest BCUT2D eigenvalue weighted by atomic mass is 10.1. The lowest BCUT2D eigenvalue weighted by Crippen LogP contribution is -1.84. The summed E-state index contributed by atoms with van der Waals surface area (Å²) in [6, 6.07) is 29.3. The predicted molar refractivity (Wildman–Crippen MR) is 113 cm³/mol. The minimum atomic E-state index is 0.251. The first-order valence-corrected chi connectivity index (χ1v) is 8.73. The van der Waals surface area contributed by atoms with Crippen LogP contribution in [0.5, 0.6) is 5.75 Å². The van der Waals surface area contributed by atoms with Crippen LogP contribution in [0.15, 0.2) is 101 Å². The largest absolute Gasteiger partial charge is 0.507 e. The van der Waals surface area contributed by atoms with Gasteiger partial charge in [0, 0.05) is 23.4 Å². The van der Waals surface area contributed by atoms with Gasteiger partial charge in [-0.2, -0.15) is 0 Å². The summed E-state index contributed by atoms with van der Waals surface area (Å²) in [6.07, 6.45) is 3.52. The van der Waals surface area contributed by atoms with Crippen LogP contribution in [0.1, 0.15) is 11.1 Å². The van der Waals surface area contributed by atoms with Crippen LogP contribution >= 0.6 is 0 Å². The Hall–Kier alpha value is -3.72. The van der Waals surface area contributed by atoms with Gasteiger partial charge in [-0.1, -0.05) is 60.7 Å². The Morgan fingerprint density at radius 1 is 0.593 bits per heavy atom. The molecule has 0 unspecified atom stereocenters. The molecule has 0 fully saturated rings. The molecule has 4 rings (SSSR count). The third kappa shape index (κ3) is 3.93. The number of hydrogen-bond donors (Lipinski definition) is 1. The summed E-state index contributed by atoms with van der Waals surface area (Å²) in [7, 11) is 0. The molecule has 27 heavy (non-hydrogen) atoms. The average Bonchev–Trinajstić information content (AvgIpc) is 2.73. The Morgan fingerprint density at radius 2 is 1.22 bits per heavy atom. The zero-order valence-electron chi connectivity index (χ0n) is 14.7. The maximum atomic E-state index is 10.4. The second kappa shape index (κ2) is 7.67. The fourth-order valence-electron chi connectivity index (χ4n) is 2.83. The van der Waals surface area contributed by atoms with Gasteiger partial charge >= 0.3 is 0 Å². The van der Waals surface area contributed by atoms with Gasteiger partial charge in [0.05, 0.1) is 11.4 Å². The summed E-state index contributed by atoms with van der Waals surface area (Å²) >= 11 is 0. The third-order valence-electron chi connectivity index (χ3n) is 4.30. The normalized spacial score (nSPS) is 11.6. The SMILES string of the molecule is Oc1c(C=Nc2ccc(N=Cc3ccccc3)cc2)ccc2ccccc12. The van der Waals surface area contributed by atoms with Crippen molar-refractivity contribution in [3.05, 3.63) is 102 Å². The van der Waals surface area contributed by atoms with E-state index in [2.05, 4.69) is 9.98 Å². The van der Waals surface area contributed by atoms with Crippen LogP contribution < -0.4 is 0 Å². The van der Waals surface area contributed by atoms with Gasteiger partial charge in [-0.05, 0) is 41.3 Å². The predicted octanol–water partition coefficient (Wildman–Crippen LogP) is 6.05. The van der Waals surface area contributed by atoms with E-state index in [4.69, 9.17) is 0 Å². The minimum absolute atomic E-state index is 0.251. The highest BCUT2D eigenvalue weighted by Crippen LogP contribution is 2.28. The van der Waals surface area contributed by atoms with E-state index in [1.807, 2.05) is 97.2 Å². The van der Waals surface area contributed by atoms with Gasteiger partial charge in [0.2, 0.25) is 0 Å². The molecule has 1 N–H and O–H groups in total. The van der Waals surface area contributed by atoms with Crippen molar-refractivity contribution < 1.29 is 5.11 Å². The molecular formula is C24H18N2O. The summed E-state index contributed by atoms with van der Waals surface area (Å²) in [5.41, 5.74) is 3.43. The molecule has 0 radical (unpaired) electrons. The lowest BCUT2D eigenvalue weighted by molar-refractivity contribution is 0.481. The molecule has 0 aromatic heterocycles. The minimum Gasteiger partial charge on any atom is -0.507 e. The van der Waals surface area contributed by atoms with Gasteiger partial charge in [-0.3, -0.25) is 9.98 Å². The number of rotatable bonds is 4. The van der Waals surface area contributed by atoms with Crippen LogP contribution in [0.4, 0.5) is 11.4 Å². The van der Waals surface area contributed by atoms with Crippen molar-refractivity contribution in [3.63, 3.8) is 0 Å². The molecule has 0 saturated carbocycles. The van der Waals surface area contributed by atoms with Gasteiger partial charge in [-0.15, -0.1) is 0 Å². The van der Waals surface area contributed by atoms with Crippen molar-refractivity contribution in [3.8, 4) is 5.75 Å². The first kappa shape index (κ1) is 16.7. The van der Waals surface area contributed by atoms with Gasteiger partial charge < -0.3 is 5.11 Å². The van der Waals surface area contributed by atoms with Crippen molar-refractivity contribution in [2.45, 2.75) is 0 Å². The van der Waals surface area contributed by atoms with Crippen molar-refractivity contribution in [1.82, 2.24) is 0 Å². The maximum Gasteiger partial charge on any atom is 0.132 e. The van der Waals surface area contributed by atoms with Crippen LogP contribution in [0, 0.1) is 0 Å². The molecule has 4 aromatic rings. The van der Waals surface area contributed by atoms with Crippen molar-refractivity contribution >= 4 is 34.6 Å². The molecule has 0 heterocycles. The molecule has 0 aliphatic rings. The molecule has 0 bridgehead atoms. The Labute approximate surface area is 158 Å². The van der Waals surface area contributed by atoms with Crippen LogP contribution in [0.25, 0.3) is 10.8 Å². The second-order valence-electron chi connectivity index (χ2n) is 6.17. The number of aromatic hydroxyl groups is 1. The number of nitrogens with zero attached hydrogens (tertiary/aromatic N) is 2. The third-order valence-corrected chi connectivity index (χ3v) is 4.30. The van der Waals surface area contributed by atoms with Gasteiger partial charge in [0.25, 0.3) is 0 Å². The number of fused-ring (bicyclic) bond motifs is 1. The number of aliphatic imine (C=N–C) groups is 2. The molecule has 0 saturated heterocycles. The summed E-state index contributed by atoms with van der Waals surface area (Å²) in [6.45, 7) is 0. The van der Waals surface area contributed by atoms with Crippen molar-refractivity contribution in [1.29, 1.82) is 0 Å². The Morgan fingerprint density at radius 3 is 1.96 bits per heavy atom. The molecular weight excluding hydrogens is 332 g/mol. The van der Waals surface area contributed by atoms with Crippen LogP contribution in [-0.2, 0) is 0 Å². The molecule has 0 spiro atoms. The van der Waals surface area contributed by atoms with Crippen molar-refractivity contribution in [2.75, 3.05) is 0 Å². The van der Waals surface area contributed by atoms with Crippen LogP contribution in [-0.4, -0.2) is 17.5 Å². The molecule has 0 aliphatic carbocycles. The highest BCUT2D eigenvalue weighted by atomic mass is 16.3. The summed E-state index contributed by atoms with van der Waals surface area (Å²) in [5, 5.41) is 12.3. The van der Waals surface area contributed by atoms with E-state index < -0.39 is 0 Å². The molecule has 0 amide bonds. The first-order valence-electron chi connectivity index (χ1n) is 8.73. The van der Waals surface area contributed by atoms with Gasteiger partial charge in [0.15, 0.2) is 0 Å². The van der Waals surface area contributed by atoms with E-state index in [-0.39, 0.29) is 5.75 Å². The van der Waals surface area contributed by atoms with E-state index in [9.17, 15) is 5.11 Å². The van der Waals surface area contributed by atoms with E-state index >= 15 is 0 Å². The number of hydrogen-bond acceptors (Lipinski definition) is 3. The number of phenolic OH excluding ortho intramolecular Hbond substituents is 1. The highest BCUT2D eigenvalue weighted by Gasteiger charge is 2.03. The van der Waals surface area contributed by atoms with Crippen molar-refractivity contribution in [2.24, 2.45) is 9.98 Å². The summed E-state index contributed by atoms with van der Waals surface area (Å²) in [5.74, 6) is 0.251. The average molecular weight is 350 g/mol. The first-order chi connectivity index (χ1) is 13.3. The quantitative estimate of drug-likeness (QED) is 0.448. The molecule has 130 valence electrons. The fourth-order valence-corrected chi connectivity index (χ4v) is 2.83. The van der Waals surface area contributed by atoms with Gasteiger partial charge in [0.1, 0.15) is 5.75 Å². The summed E-state index contributed by atoms with van der Waals surface area (Å²) in [4.78, 5) is 8.93. The van der Waals surface area contributed by atoms with E-state index in [1.165, 1.54) is 0 Å². The maximum absolute atomic E-state index is 10.4. The molecule has 3 nitrogen and oxygen atoms in total. The van der Waals surface area contributed by atoms with Crippen LogP contribution in [0.3, 0.4) is 0 Å². The number of benzene rings is 4. The monoisotopic (exact) mass is 350 g/mol. The van der Waals surface area contributed by atoms with Gasteiger partial charge in [-0.25, -0.2) is 0 Å². The number of phenols is 1. The van der Waals surface area contributed by atoms with E-state index in [0.717, 1.165) is 27.7 Å². The van der Waals surface area contributed by atoms with E-state index in [1.54, 1.807) is 6.21 Å². The Balaban J connectivity index is 1.51. The molecule has 4 aromatic carbocycles. The molecule has 0 atom stereocenters. The smallest absolute Gasteiger partial charge is 0.132 e. The molecule has 0 aliphatic heterocycles. The Bertz CT molecular complexity index is 1110.